The normalized spacial score (nSPS) is 12.2. The highest BCUT2D eigenvalue weighted by atomic mass is 16.3. The van der Waals surface area contributed by atoms with E-state index in [1.807, 2.05) is 6.92 Å². The van der Waals surface area contributed by atoms with Gasteiger partial charge in [-0.25, -0.2) is 0 Å². The molecule has 4 nitrogen and oxygen atoms in total. The molecule has 0 saturated carbocycles. The van der Waals surface area contributed by atoms with Crippen molar-refractivity contribution in [2.75, 3.05) is 11.9 Å². The number of hydrogen-bond donors (Lipinski definition) is 3. The van der Waals surface area contributed by atoms with Gasteiger partial charge in [-0.05, 0) is 37.1 Å². The minimum absolute atomic E-state index is 0.101. The summed E-state index contributed by atoms with van der Waals surface area (Å²) in [6, 6.07) is 3.39. The molecule has 1 aromatic carbocycles. The lowest BCUT2D eigenvalue weighted by atomic mass is 10.1. The van der Waals surface area contributed by atoms with Gasteiger partial charge in [0, 0.05) is 18.2 Å². The molecular formula is C12H18N2O2. The van der Waals surface area contributed by atoms with Crippen molar-refractivity contribution in [1.82, 2.24) is 0 Å². The van der Waals surface area contributed by atoms with E-state index in [4.69, 9.17) is 5.73 Å². The van der Waals surface area contributed by atoms with Crippen LogP contribution in [0.4, 0.5) is 5.69 Å². The van der Waals surface area contributed by atoms with Gasteiger partial charge in [0.1, 0.15) is 5.75 Å². The van der Waals surface area contributed by atoms with E-state index in [1.165, 1.54) is 0 Å². The van der Waals surface area contributed by atoms with Crippen LogP contribution in [0.2, 0.25) is 0 Å². The summed E-state index contributed by atoms with van der Waals surface area (Å²) in [6.07, 6.45) is 0. The summed E-state index contributed by atoms with van der Waals surface area (Å²) in [7, 11) is 0. The zero-order valence-corrected chi connectivity index (χ0v) is 9.87. The monoisotopic (exact) mass is 222 g/mol. The van der Waals surface area contributed by atoms with Crippen LogP contribution in [-0.4, -0.2) is 17.6 Å². The summed E-state index contributed by atoms with van der Waals surface area (Å²) in [5, 5.41) is 12.3. The van der Waals surface area contributed by atoms with E-state index in [1.54, 1.807) is 26.0 Å². The largest absolute Gasteiger partial charge is 0.508 e. The zero-order chi connectivity index (χ0) is 12.3. The predicted molar refractivity (Wildman–Crippen MR) is 64.4 cm³/mol. The molecule has 0 saturated heterocycles. The van der Waals surface area contributed by atoms with Crippen molar-refractivity contribution in [1.29, 1.82) is 0 Å². The van der Waals surface area contributed by atoms with Crippen molar-refractivity contribution in [2.24, 2.45) is 11.7 Å². The first-order chi connectivity index (χ1) is 7.45. The predicted octanol–water partition coefficient (Wildman–Crippen LogP) is 1.54. The molecule has 4 N–H and O–H groups in total. The van der Waals surface area contributed by atoms with Crippen molar-refractivity contribution in [3.8, 4) is 5.75 Å². The van der Waals surface area contributed by atoms with E-state index in [-0.39, 0.29) is 17.6 Å². The number of phenolic OH excluding ortho intramolecular Hbond substituents is 1. The van der Waals surface area contributed by atoms with E-state index < -0.39 is 0 Å². The third-order valence-electron chi connectivity index (χ3n) is 2.60. The SMILES string of the molecule is Cc1cc(NC(=O)C(C)CN)c(C)cc1O. The quantitative estimate of drug-likeness (QED) is 0.679. The molecule has 0 aliphatic heterocycles. The van der Waals surface area contributed by atoms with Gasteiger partial charge in [-0.15, -0.1) is 0 Å². The lowest BCUT2D eigenvalue weighted by Crippen LogP contribution is -2.27. The Hall–Kier alpha value is -1.55. The Balaban J connectivity index is 2.90. The summed E-state index contributed by atoms with van der Waals surface area (Å²) in [5.74, 6) is -0.0772. The number of nitrogens with one attached hydrogen (secondary N) is 1. The van der Waals surface area contributed by atoms with Crippen LogP contribution in [0.1, 0.15) is 18.1 Å². The number of aryl methyl sites for hydroxylation is 2. The van der Waals surface area contributed by atoms with Crippen LogP contribution in [-0.2, 0) is 4.79 Å². The Morgan fingerprint density at radius 1 is 1.44 bits per heavy atom. The first-order valence-corrected chi connectivity index (χ1v) is 5.26. The Kier molecular flexibility index (Phi) is 3.90. The summed E-state index contributed by atoms with van der Waals surface area (Å²) >= 11 is 0. The Morgan fingerprint density at radius 3 is 2.62 bits per heavy atom. The highest BCUT2D eigenvalue weighted by Crippen LogP contribution is 2.25. The van der Waals surface area contributed by atoms with Crippen LogP contribution >= 0.6 is 0 Å². The highest BCUT2D eigenvalue weighted by molar-refractivity contribution is 5.93. The molecule has 1 aromatic rings. The molecule has 0 aliphatic rings. The van der Waals surface area contributed by atoms with E-state index in [0.717, 1.165) is 16.8 Å². The number of hydrogen-bond acceptors (Lipinski definition) is 3. The molecule has 1 rings (SSSR count). The average Bonchev–Trinajstić information content (AvgIpc) is 2.24. The lowest BCUT2D eigenvalue weighted by Gasteiger charge is -2.13. The molecule has 1 unspecified atom stereocenters. The lowest BCUT2D eigenvalue weighted by molar-refractivity contribution is -0.119. The first-order valence-electron chi connectivity index (χ1n) is 5.26. The third-order valence-corrected chi connectivity index (χ3v) is 2.60. The number of nitrogens with two attached hydrogens (primary N) is 1. The number of anilines is 1. The molecule has 4 heteroatoms. The average molecular weight is 222 g/mol. The molecular weight excluding hydrogens is 204 g/mol. The summed E-state index contributed by atoms with van der Waals surface area (Å²) < 4.78 is 0. The van der Waals surface area contributed by atoms with Crippen LogP contribution in [0.15, 0.2) is 12.1 Å². The van der Waals surface area contributed by atoms with Gasteiger partial charge in [0.15, 0.2) is 0 Å². The topological polar surface area (TPSA) is 75.4 Å². The van der Waals surface area contributed by atoms with E-state index in [0.29, 0.717) is 6.54 Å². The molecule has 16 heavy (non-hydrogen) atoms. The smallest absolute Gasteiger partial charge is 0.228 e. The maximum absolute atomic E-state index is 11.6. The number of amides is 1. The van der Waals surface area contributed by atoms with Gasteiger partial charge in [-0.2, -0.15) is 0 Å². The Labute approximate surface area is 95.5 Å². The Morgan fingerprint density at radius 2 is 2.06 bits per heavy atom. The summed E-state index contributed by atoms with van der Waals surface area (Å²) in [6.45, 7) is 5.72. The standard InChI is InChI=1S/C12H18N2O2/c1-7-5-11(15)8(2)4-10(7)14-12(16)9(3)6-13/h4-5,9,15H,6,13H2,1-3H3,(H,14,16). The molecule has 0 bridgehead atoms. The number of carbonyl (C=O) groups excluding carboxylic acids is 1. The molecule has 0 heterocycles. The van der Waals surface area contributed by atoms with Gasteiger partial charge in [0.25, 0.3) is 0 Å². The van der Waals surface area contributed by atoms with Crippen molar-refractivity contribution in [3.05, 3.63) is 23.3 Å². The number of aromatic hydroxyl groups is 1. The fraction of sp³-hybridized carbons (Fsp3) is 0.417. The van der Waals surface area contributed by atoms with Crippen molar-refractivity contribution in [2.45, 2.75) is 20.8 Å². The van der Waals surface area contributed by atoms with Crippen LogP contribution in [0.3, 0.4) is 0 Å². The zero-order valence-electron chi connectivity index (χ0n) is 9.87. The fourth-order valence-corrected chi connectivity index (χ4v) is 1.30. The molecule has 0 fully saturated rings. The highest BCUT2D eigenvalue weighted by Gasteiger charge is 2.12. The summed E-state index contributed by atoms with van der Waals surface area (Å²) in [5.41, 5.74) is 7.71. The number of carbonyl (C=O) groups is 1. The maximum atomic E-state index is 11.6. The first kappa shape index (κ1) is 12.5. The van der Waals surface area contributed by atoms with Crippen LogP contribution in [0.5, 0.6) is 5.75 Å². The molecule has 0 aromatic heterocycles. The molecule has 1 atom stereocenters. The van der Waals surface area contributed by atoms with Gasteiger partial charge >= 0.3 is 0 Å². The third kappa shape index (κ3) is 2.73. The van der Waals surface area contributed by atoms with Crippen molar-refractivity contribution >= 4 is 11.6 Å². The summed E-state index contributed by atoms with van der Waals surface area (Å²) in [4.78, 5) is 11.6. The van der Waals surface area contributed by atoms with Crippen molar-refractivity contribution < 1.29 is 9.90 Å². The molecule has 88 valence electrons. The van der Waals surface area contributed by atoms with E-state index >= 15 is 0 Å². The van der Waals surface area contributed by atoms with Crippen LogP contribution in [0.25, 0.3) is 0 Å². The van der Waals surface area contributed by atoms with E-state index in [9.17, 15) is 9.90 Å². The van der Waals surface area contributed by atoms with Gasteiger partial charge in [-0.3, -0.25) is 4.79 Å². The second-order valence-corrected chi connectivity index (χ2v) is 4.08. The molecule has 0 radical (unpaired) electrons. The van der Waals surface area contributed by atoms with Crippen molar-refractivity contribution in [3.63, 3.8) is 0 Å². The van der Waals surface area contributed by atoms with Gasteiger partial charge in [-0.1, -0.05) is 6.92 Å². The minimum atomic E-state index is -0.214. The van der Waals surface area contributed by atoms with Gasteiger partial charge in [0.05, 0.1) is 0 Å². The molecule has 1 amide bonds. The van der Waals surface area contributed by atoms with Crippen LogP contribution in [0, 0.1) is 19.8 Å². The van der Waals surface area contributed by atoms with E-state index in [2.05, 4.69) is 5.32 Å². The van der Waals surface area contributed by atoms with Gasteiger partial charge in [0.2, 0.25) is 5.91 Å². The number of rotatable bonds is 3. The molecule has 0 aliphatic carbocycles. The molecule has 0 spiro atoms. The number of phenols is 1. The fourth-order valence-electron chi connectivity index (χ4n) is 1.30. The second-order valence-electron chi connectivity index (χ2n) is 4.08. The van der Waals surface area contributed by atoms with Crippen LogP contribution < -0.4 is 11.1 Å². The minimum Gasteiger partial charge on any atom is -0.508 e. The maximum Gasteiger partial charge on any atom is 0.228 e. The second kappa shape index (κ2) is 4.99. The van der Waals surface area contributed by atoms with Gasteiger partial charge < -0.3 is 16.2 Å². The number of benzene rings is 1. The Bertz CT molecular complexity index is 402.